The maximum atomic E-state index is 11.0. The normalized spacial score (nSPS) is 10.6. The molecular weight excluding hydrogens is 316 g/mol. The monoisotopic (exact) mass is 336 g/mol. The molecule has 1 aromatic heterocycles. The number of carbonyl (C=O) groups is 1. The molecule has 0 aliphatic heterocycles. The minimum Gasteiger partial charge on any atom is -0.494 e. The molecule has 5 heteroatoms. The lowest BCUT2D eigenvalue weighted by Crippen LogP contribution is -2.04. The second-order valence-corrected chi connectivity index (χ2v) is 5.75. The van der Waals surface area contributed by atoms with Crippen LogP contribution in [-0.4, -0.2) is 22.7 Å². The van der Waals surface area contributed by atoms with Crippen molar-refractivity contribution in [2.75, 3.05) is 11.9 Å². The summed E-state index contributed by atoms with van der Waals surface area (Å²) in [6, 6.07) is 17.2. The summed E-state index contributed by atoms with van der Waals surface area (Å²) in [7, 11) is 0. The fourth-order valence-corrected chi connectivity index (χ4v) is 2.59. The second kappa shape index (κ2) is 7.66. The Kier molecular flexibility index (Phi) is 5.14. The largest absolute Gasteiger partial charge is 0.494 e. The Morgan fingerprint density at radius 3 is 2.64 bits per heavy atom. The summed E-state index contributed by atoms with van der Waals surface area (Å²) in [5, 5.41) is 13.3. The number of aliphatic carboxylic acids is 1. The number of ether oxygens (including phenoxy) is 1. The predicted molar refractivity (Wildman–Crippen MR) is 98.6 cm³/mol. The molecule has 0 saturated heterocycles. The number of carboxylic acids is 1. The number of nitrogens with one attached hydrogen (secondary N) is 1. The number of benzene rings is 2. The zero-order valence-electron chi connectivity index (χ0n) is 14.0. The molecule has 1 heterocycles. The molecule has 0 spiro atoms. The highest BCUT2D eigenvalue weighted by Gasteiger charge is 2.09. The van der Waals surface area contributed by atoms with Crippen LogP contribution in [0.2, 0.25) is 0 Å². The number of hydrogen-bond donors (Lipinski definition) is 2. The third-order valence-electron chi connectivity index (χ3n) is 3.71. The fraction of sp³-hybridized carbons (Fsp3) is 0.200. The first-order valence-corrected chi connectivity index (χ1v) is 8.26. The lowest BCUT2D eigenvalue weighted by molar-refractivity contribution is -0.136. The van der Waals surface area contributed by atoms with E-state index in [9.17, 15) is 4.79 Å². The van der Waals surface area contributed by atoms with Crippen molar-refractivity contribution in [1.29, 1.82) is 0 Å². The van der Waals surface area contributed by atoms with E-state index in [2.05, 4.69) is 17.2 Å². The molecule has 2 aromatic carbocycles. The van der Waals surface area contributed by atoms with Crippen LogP contribution >= 0.6 is 0 Å². The SMILES string of the molecule is CCCOc1ccc(Nc2cc(CC(=O)O)nc3ccccc23)cc1. The van der Waals surface area contributed by atoms with Gasteiger partial charge in [-0.3, -0.25) is 9.78 Å². The molecule has 3 rings (SSSR count). The van der Waals surface area contributed by atoms with Crippen molar-refractivity contribution in [3.8, 4) is 5.75 Å². The highest BCUT2D eigenvalue weighted by molar-refractivity contribution is 5.93. The number of para-hydroxylation sites is 1. The highest BCUT2D eigenvalue weighted by atomic mass is 16.5. The maximum Gasteiger partial charge on any atom is 0.309 e. The van der Waals surface area contributed by atoms with Crippen LogP contribution in [0, 0.1) is 0 Å². The van der Waals surface area contributed by atoms with Gasteiger partial charge in [-0.05, 0) is 42.8 Å². The van der Waals surface area contributed by atoms with E-state index in [1.165, 1.54) is 0 Å². The van der Waals surface area contributed by atoms with Gasteiger partial charge in [0.25, 0.3) is 0 Å². The Bertz CT molecular complexity index is 876. The molecule has 0 unspecified atom stereocenters. The molecule has 3 aromatic rings. The van der Waals surface area contributed by atoms with E-state index in [1.54, 1.807) is 6.07 Å². The summed E-state index contributed by atoms with van der Waals surface area (Å²) < 4.78 is 5.59. The Labute approximate surface area is 146 Å². The van der Waals surface area contributed by atoms with Crippen molar-refractivity contribution in [2.24, 2.45) is 0 Å². The van der Waals surface area contributed by atoms with Crippen molar-refractivity contribution in [1.82, 2.24) is 4.98 Å². The third kappa shape index (κ3) is 4.26. The summed E-state index contributed by atoms with van der Waals surface area (Å²) in [6.07, 6.45) is 0.860. The van der Waals surface area contributed by atoms with Crippen LogP contribution in [-0.2, 0) is 11.2 Å². The number of rotatable bonds is 7. The first-order valence-electron chi connectivity index (χ1n) is 8.26. The zero-order chi connectivity index (χ0) is 17.6. The first-order chi connectivity index (χ1) is 12.2. The number of hydrogen-bond acceptors (Lipinski definition) is 4. The van der Waals surface area contributed by atoms with E-state index in [0.29, 0.717) is 12.3 Å². The van der Waals surface area contributed by atoms with Crippen LogP contribution in [0.1, 0.15) is 19.0 Å². The van der Waals surface area contributed by atoms with Crippen LogP contribution < -0.4 is 10.1 Å². The zero-order valence-corrected chi connectivity index (χ0v) is 14.0. The van der Waals surface area contributed by atoms with Gasteiger partial charge in [-0.1, -0.05) is 25.1 Å². The van der Waals surface area contributed by atoms with E-state index < -0.39 is 5.97 Å². The van der Waals surface area contributed by atoms with Crippen molar-refractivity contribution in [2.45, 2.75) is 19.8 Å². The second-order valence-electron chi connectivity index (χ2n) is 5.75. The van der Waals surface area contributed by atoms with Crippen LogP contribution in [0.3, 0.4) is 0 Å². The van der Waals surface area contributed by atoms with Crippen LogP contribution in [0.4, 0.5) is 11.4 Å². The number of nitrogens with zero attached hydrogens (tertiary/aromatic N) is 1. The molecule has 5 nitrogen and oxygen atoms in total. The van der Waals surface area contributed by atoms with Gasteiger partial charge < -0.3 is 15.2 Å². The smallest absolute Gasteiger partial charge is 0.309 e. The van der Waals surface area contributed by atoms with Crippen LogP contribution in [0.25, 0.3) is 10.9 Å². The number of pyridine rings is 1. The van der Waals surface area contributed by atoms with Crippen LogP contribution in [0.5, 0.6) is 5.75 Å². The van der Waals surface area contributed by atoms with Crippen molar-refractivity contribution < 1.29 is 14.6 Å². The summed E-state index contributed by atoms with van der Waals surface area (Å²) in [5.41, 5.74) is 3.04. The predicted octanol–water partition coefficient (Wildman–Crippen LogP) is 4.39. The summed E-state index contributed by atoms with van der Waals surface area (Å²) in [5.74, 6) is -0.0651. The Balaban J connectivity index is 1.90. The molecule has 0 radical (unpaired) electrons. The van der Waals surface area contributed by atoms with Crippen LogP contribution in [0.15, 0.2) is 54.6 Å². The molecule has 0 aliphatic rings. The molecular formula is C20H20N2O3. The van der Waals surface area contributed by atoms with Gasteiger partial charge in [0.1, 0.15) is 5.75 Å². The van der Waals surface area contributed by atoms with E-state index in [-0.39, 0.29) is 6.42 Å². The molecule has 0 saturated carbocycles. The highest BCUT2D eigenvalue weighted by Crippen LogP contribution is 2.27. The fourth-order valence-electron chi connectivity index (χ4n) is 2.59. The maximum absolute atomic E-state index is 11.0. The summed E-state index contributed by atoms with van der Waals surface area (Å²) >= 11 is 0. The molecule has 128 valence electrons. The van der Waals surface area contributed by atoms with Crippen molar-refractivity contribution in [3.05, 3.63) is 60.3 Å². The molecule has 0 aliphatic carbocycles. The van der Waals surface area contributed by atoms with E-state index >= 15 is 0 Å². The number of fused-ring (bicyclic) bond motifs is 1. The lowest BCUT2D eigenvalue weighted by Gasteiger charge is -2.12. The number of aromatic nitrogens is 1. The summed E-state index contributed by atoms with van der Waals surface area (Å²) in [4.78, 5) is 15.4. The Hall–Kier alpha value is -3.08. The minimum atomic E-state index is -0.897. The quantitative estimate of drug-likeness (QED) is 0.669. The van der Waals surface area contributed by atoms with Gasteiger partial charge in [0.2, 0.25) is 0 Å². The van der Waals surface area contributed by atoms with Crippen molar-refractivity contribution in [3.63, 3.8) is 0 Å². The summed E-state index contributed by atoms with van der Waals surface area (Å²) in [6.45, 7) is 2.76. The average molecular weight is 336 g/mol. The Morgan fingerprint density at radius 1 is 1.16 bits per heavy atom. The molecule has 2 N–H and O–H groups in total. The van der Waals surface area contributed by atoms with E-state index in [1.807, 2.05) is 48.5 Å². The minimum absolute atomic E-state index is 0.108. The van der Waals surface area contributed by atoms with Gasteiger partial charge in [-0.25, -0.2) is 0 Å². The first kappa shape index (κ1) is 16.8. The van der Waals surface area contributed by atoms with E-state index in [0.717, 1.165) is 34.4 Å². The average Bonchev–Trinajstić information content (AvgIpc) is 2.60. The third-order valence-corrected chi connectivity index (χ3v) is 3.71. The topological polar surface area (TPSA) is 71.5 Å². The number of anilines is 2. The Morgan fingerprint density at radius 2 is 1.92 bits per heavy atom. The van der Waals surface area contributed by atoms with E-state index in [4.69, 9.17) is 9.84 Å². The standard InChI is InChI=1S/C20H20N2O3/c1-2-11-25-16-9-7-14(8-10-16)21-19-12-15(13-20(23)24)22-18-6-4-3-5-17(18)19/h3-10,12H,2,11,13H2,1H3,(H,21,22)(H,23,24). The molecule has 0 fully saturated rings. The van der Waals surface area contributed by atoms with Gasteiger partial charge in [-0.2, -0.15) is 0 Å². The molecule has 0 atom stereocenters. The van der Waals surface area contributed by atoms with Gasteiger partial charge in [0.05, 0.1) is 24.2 Å². The molecule has 0 amide bonds. The van der Waals surface area contributed by atoms with Gasteiger partial charge >= 0.3 is 5.97 Å². The van der Waals surface area contributed by atoms with Gasteiger partial charge in [0, 0.05) is 16.8 Å². The lowest BCUT2D eigenvalue weighted by atomic mass is 10.1. The number of carboxylic acid groups (broad SMARTS) is 1. The van der Waals surface area contributed by atoms with Gasteiger partial charge in [-0.15, -0.1) is 0 Å². The molecule has 0 bridgehead atoms. The molecule has 25 heavy (non-hydrogen) atoms. The van der Waals surface area contributed by atoms with Crippen molar-refractivity contribution >= 4 is 28.2 Å². The van der Waals surface area contributed by atoms with Gasteiger partial charge in [0.15, 0.2) is 0 Å².